The molecule has 37 heavy (non-hydrogen) atoms. The van der Waals surface area contributed by atoms with Gasteiger partial charge in [0.05, 0.1) is 20.7 Å². The maximum absolute atomic E-state index is 6.11. The second kappa shape index (κ2) is 16.4. The Morgan fingerprint density at radius 3 is 1.78 bits per heavy atom. The third-order valence-corrected chi connectivity index (χ3v) is 7.69. The summed E-state index contributed by atoms with van der Waals surface area (Å²) in [7, 11) is 4.72. The molecule has 0 heterocycles. The molecule has 0 N–H and O–H groups in total. The van der Waals surface area contributed by atoms with E-state index in [-0.39, 0.29) is 0 Å². The zero-order chi connectivity index (χ0) is 26.2. The Labute approximate surface area is 227 Å². The van der Waals surface area contributed by atoms with E-state index in [0.717, 1.165) is 37.1 Å². The van der Waals surface area contributed by atoms with E-state index < -0.39 is 0 Å². The van der Waals surface area contributed by atoms with Gasteiger partial charge in [0.25, 0.3) is 0 Å². The van der Waals surface area contributed by atoms with Crippen molar-refractivity contribution >= 4 is 0 Å². The number of likely N-dealkylation sites (N-methyl/N-ethyl adjacent to an activating group) is 1. The van der Waals surface area contributed by atoms with Crippen LogP contribution in [-0.2, 0) is 17.6 Å². The number of hydrogen-bond acceptors (Lipinski definition) is 1. The van der Waals surface area contributed by atoms with E-state index >= 15 is 0 Å². The van der Waals surface area contributed by atoms with Crippen molar-refractivity contribution in [1.29, 1.82) is 0 Å². The molecule has 2 heteroatoms. The summed E-state index contributed by atoms with van der Waals surface area (Å²) in [6, 6.07) is 31.4. The van der Waals surface area contributed by atoms with E-state index in [0.29, 0.717) is 6.04 Å². The van der Waals surface area contributed by atoms with Crippen molar-refractivity contribution in [2.75, 3.05) is 33.9 Å². The van der Waals surface area contributed by atoms with Crippen molar-refractivity contribution in [1.82, 2.24) is 0 Å². The zero-order valence-electron chi connectivity index (χ0n) is 23.7. The van der Waals surface area contributed by atoms with Gasteiger partial charge in [0, 0.05) is 18.6 Å². The monoisotopic (exact) mass is 500 g/mol. The molecule has 3 aromatic carbocycles. The fourth-order valence-corrected chi connectivity index (χ4v) is 5.19. The predicted octanol–water partition coefficient (Wildman–Crippen LogP) is 8.79. The molecular weight excluding hydrogens is 450 g/mol. The van der Waals surface area contributed by atoms with Gasteiger partial charge in [0.1, 0.15) is 12.6 Å². The first kappa shape index (κ1) is 29.1. The highest BCUT2D eigenvalue weighted by Gasteiger charge is 2.30. The van der Waals surface area contributed by atoms with Crippen LogP contribution >= 0.6 is 0 Å². The summed E-state index contributed by atoms with van der Waals surface area (Å²) in [5, 5.41) is 0. The summed E-state index contributed by atoms with van der Waals surface area (Å²) in [6.07, 6.45) is 12.8. The minimum atomic E-state index is 0.396. The van der Waals surface area contributed by atoms with Crippen molar-refractivity contribution in [3.05, 3.63) is 107 Å². The van der Waals surface area contributed by atoms with Crippen LogP contribution in [0.1, 0.15) is 86.6 Å². The van der Waals surface area contributed by atoms with Crippen molar-refractivity contribution in [3.8, 4) is 0 Å². The van der Waals surface area contributed by atoms with Gasteiger partial charge in [-0.15, -0.1) is 0 Å². The van der Waals surface area contributed by atoms with Gasteiger partial charge in [0.15, 0.2) is 0 Å². The second-order valence-electron chi connectivity index (χ2n) is 11.2. The van der Waals surface area contributed by atoms with Crippen LogP contribution in [-0.4, -0.2) is 38.3 Å². The third kappa shape index (κ3) is 10.8. The van der Waals surface area contributed by atoms with Crippen LogP contribution in [0.5, 0.6) is 0 Å². The zero-order valence-corrected chi connectivity index (χ0v) is 23.7. The molecular formula is C35H50NO+. The highest BCUT2D eigenvalue weighted by molar-refractivity contribution is 5.30. The third-order valence-electron chi connectivity index (χ3n) is 7.69. The summed E-state index contributed by atoms with van der Waals surface area (Å²) >= 11 is 0. The Bertz CT molecular complexity index is 965. The van der Waals surface area contributed by atoms with Crippen LogP contribution < -0.4 is 0 Å². The molecule has 0 aliphatic carbocycles. The molecule has 0 aliphatic heterocycles. The van der Waals surface area contributed by atoms with E-state index in [4.69, 9.17) is 4.74 Å². The Kier molecular flexibility index (Phi) is 12.9. The first-order valence-electron chi connectivity index (χ1n) is 14.7. The van der Waals surface area contributed by atoms with Gasteiger partial charge in [-0.2, -0.15) is 0 Å². The maximum Gasteiger partial charge on any atom is 0.118 e. The number of unbranched alkanes of at least 4 members (excludes halogenated alkanes) is 7. The van der Waals surface area contributed by atoms with Crippen LogP contribution in [0, 0.1) is 0 Å². The first-order chi connectivity index (χ1) is 18.1. The average Bonchev–Trinajstić information content (AvgIpc) is 2.92. The highest BCUT2D eigenvalue weighted by Crippen LogP contribution is 2.29. The largest absolute Gasteiger partial charge is 0.376 e. The quantitative estimate of drug-likeness (QED) is 0.125. The van der Waals surface area contributed by atoms with Crippen LogP contribution in [0.4, 0.5) is 0 Å². The first-order valence-corrected chi connectivity index (χ1v) is 14.7. The Morgan fingerprint density at radius 1 is 0.595 bits per heavy atom. The van der Waals surface area contributed by atoms with Gasteiger partial charge in [-0.25, -0.2) is 0 Å². The highest BCUT2D eigenvalue weighted by atomic mass is 16.5. The SMILES string of the molecule is CCCCCCCCCCOCC[N+](C)(C)C(Cc1ccc(Cc2ccccc2)cc1)c1ccccc1. The Morgan fingerprint density at radius 2 is 1.14 bits per heavy atom. The van der Waals surface area contributed by atoms with Gasteiger partial charge in [0.2, 0.25) is 0 Å². The summed E-state index contributed by atoms with van der Waals surface area (Å²) in [5.41, 5.74) is 5.54. The molecule has 0 amide bonds. The minimum Gasteiger partial charge on any atom is -0.376 e. The van der Waals surface area contributed by atoms with Crippen LogP contribution in [0.3, 0.4) is 0 Å². The molecule has 1 unspecified atom stereocenters. The molecule has 0 radical (unpaired) electrons. The molecule has 0 saturated carbocycles. The maximum atomic E-state index is 6.11. The van der Waals surface area contributed by atoms with Gasteiger partial charge >= 0.3 is 0 Å². The Balaban J connectivity index is 1.49. The lowest BCUT2D eigenvalue weighted by Gasteiger charge is -2.38. The summed E-state index contributed by atoms with van der Waals surface area (Å²) < 4.78 is 7.03. The molecule has 0 aliphatic rings. The number of ether oxygens (including phenoxy) is 1. The molecule has 0 saturated heterocycles. The van der Waals surface area contributed by atoms with Crippen molar-refractivity contribution in [2.24, 2.45) is 0 Å². The normalized spacial score (nSPS) is 12.5. The second-order valence-corrected chi connectivity index (χ2v) is 11.2. The summed E-state index contributed by atoms with van der Waals surface area (Å²) in [6.45, 7) is 5.02. The standard InChI is InChI=1S/C35H50NO/c1-4-5-6-7-8-9-10-17-27-37-28-26-36(2,3)35(34-20-15-12-16-21-34)30-33-24-22-32(23-25-33)29-31-18-13-11-14-19-31/h11-16,18-25,35H,4-10,17,26-30H2,1-3H3/q+1. The molecule has 0 spiro atoms. The van der Waals surface area contributed by atoms with Gasteiger partial charge in [-0.3, -0.25) is 0 Å². The summed E-state index contributed by atoms with van der Waals surface area (Å²) in [5.74, 6) is 0. The van der Waals surface area contributed by atoms with Crippen molar-refractivity contribution in [2.45, 2.75) is 77.2 Å². The van der Waals surface area contributed by atoms with Crippen molar-refractivity contribution in [3.63, 3.8) is 0 Å². The number of nitrogens with zero attached hydrogens (tertiary/aromatic N) is 1. The molecule has 1 atom stereocenters. The van der Waals surface area contributed by atoms with Gasteiger partial charge < -0.3 is 9.22 Å². The van der Waals surface area contributed by atoms with Crippen LogP contribution in [0.2, 0.25) is 0 Å². The number of rotatable bonds is 18. The van der Waals surface area contributed by atoms with E-state index in [1.807, 2.05) is 0 Å². The van der Waals surface area contributed by atoms with E-state index in [9.17, 15) is 0 Å². The molecule has 3 aromatic rings. The average molecular weight is 501 g/mol. The van der Waals surface area contributed by atoms with Crippen LogP contribution in [0.25, 0.3) is 0 Å². The Hall–Kier alpha value is -2.42. The van der Waals surface area contributed by atoms with Gasteiger partial charge in [-0.1, -0.05) is 137 Å². The van der Waals surface area contributed by atoms with Gasteiger partial charge in [-0.05, 0) is 29.5 Å². The summed E-state index contributed by atoms with van der Waals surface area (Å²) in [4.78, 5) is 0. The molecule has 0 fully saturated rings. The fraction of sp³-hybridized carbons (Fsp3) is 0.486. The molecule has 2 nitrogen and oxygen atoms in total. The molecule has 0 bridgehead atoms. The molecule has 3 rings (SSSR count). The molecule has 0 aromatic heterocycles. The fourth-order valence-electron chi connectivity index (χ4n) is 5.19. The minimum absolute atomic E-state index is 0.396. The van der Waals surface area contributed by atoms with Crippen LogP contribution in [0.15, 0.2) is 84.9 Å². The predicted molar refractivity (Wildman–Crippen MR) is 159 cm³/mol. The number of hydrogen-bond donors (Lipinski definition) is 0. The number of benzene rings is 3. The van der Waals surface area contributed by atoms with Crippen molar-refractivity contribution < 1.29 is 9.22 Å². The lowest BCUT2D eigenvalue weighted by atomic mass is 9.94. The lowest BCUT2D eigenvalue weighted by Crippen LogP contribution is -2.46. The van der Waals surface area contributed by atoms with E-state index in [2.05, 4.69) is 106 Å². The van der Waals surface area contributed by atoms with E-state index in [1.165, 1.54) is 73.6 Å². The topological polar surface area (TPSA) is 9.23 Å². The van der Waals surface area contributed by atoms with E-state index in [1.54, 1.807) is 0 Å². The smallest absolute Gasteiger partial charge is 0.118 e. The molecule has 200 valence electrons. The number of quaternary nitrogens is 1. The lowest BCUT2D eigenvalue weighted by molar-refractivity contribution is -0.921.